The van der Waals surface area contributed by atoms with Gasteiger partial charge in [0.2, 0.25) is 0 Å². The molecule has 1 aromatic heterocycles. The molecule has 0 aliphatic carbocycles. The molecule has 2 rings (SSSR count). The maximum Gasteiger partial charge on any atom is 0.250 e. The molecule has 1 aliphatic rings. The lowest BCUT2D eigenvalue weighted by molar-refractivity contribution is -0.0566. The number of aromatic nitrogens is 1. The fraction of sp³-hybridized carbons (Fsp3) is 0.545. The Labute approximate surface area is 93.3 Å². The average Bonchev–Trinajstić information content (AvgIpc) is 2.24. The van der Waals surface area contributed by atoms with Crippen LogP contribution in [0.2, 0.25) is 0 Å². The van der Waals surface area contributed by atoms with Crippen LogP contribution in [0.1, 0.15) is 18.4 Å². The molecule has 0 radical (unpaired) electrons. The first-order valence-corrected chi connectivity index (χ1v) is 5.36. The van der Waals surface area contributed by atoms with Gasteiger partial charge in [0.05, 0.1) is 0 Å². The number of piperidine rings is 1. The van der Waals surface area contributed by atoms with Gasteiger partial charge in [0.1, 0.15) is 5.82 Å². The minimum Gasteiger partial charge on any atom is -0.383 e. The summed E-state index contributed by atoms with van der Waals surface area (Å²) in [7, 11) is 0. The molecule has 0 saturated carbocycles. The molecule has 2 N–H and O–H groups in total. The summed E-state index contributed by atoms with van der Waals surface area (Å²) in [6.45, 7) is 1.44. The van der Waals surface area contributed by atoms with Crippen LogP contribution in [0.4, 0.5) is 14.6 Å². The van der Waals surface area contributed by atoms with Crippen molar-refractivity contribution in [2.45, 2.75) is 25.3 Å². The molecule has 0 unspecified atom stereocenters. The number of nitrogen functional groups attached to an aromatic ring is 1. The molecule has 2 heterocycles. The van der Waals surface area contributed by atoms with Crippen molar-refractivity contribution in [1.29, 1.82) is 0 Å². The second-order valence-electron chi connectivity index (χ2n) is 4.18. The standard InChI is InChI=1S/C11H15F2N3/c12-11(13)3-6-16(7-4-11)8-9-2-1-5-15-10(9)14/h1-2,5H,3-4,6-8H2,(H2,14,15). The molecule has 0 bridgehead atoms. The molecule has 88 valence electrons. The van der Waals surface area contributed by atoms with Gasteiger partial charge in [-0.3, -0.25) is 4.90 Å². The Bertz CT molecular complexity index is 358. The van der Waals surface area contributed by atoms with E-state index in [-0.39, 0.29) is 12.8 Å². The molecule has 1 saturated heterocycles. The van der Waals surface area contributed by atoms with E-state index in [4.69, 9.17) is 5.73 Å². The molecule has 0 amide bonds. The van der Waals surface area contributed by atoms with Crippen molar-refractivity contribution < 1.29 is 8.78 Å². The third-order valence-electron chi connectivity index (χ3n) is 2.91. The molecular formula is C11H15F2N3. The Morgan fingerprint density at radius 3 is 2.69 bits per heavy atom. The number of pyridine rings is 1. The first-order valence-electron chi connectivity index (χ1n) is 5.36. The quantitative estimate of drug-likeness (QED) is 0.839. The maximum atomic E-state index is 12.9. The van der Waals surface area contributed by atoms with Crippen molar-refractivity contribution in [2.24, 2.45) is 0 Å². The summed E-state index contributed by atoms with van der Waals surface area (Å²) >= 11 is 0. The van der Waals surface area contributed by atoms with E-state index in [0.717, 1.165) is 5.56 Å². The van der Waals surface area contributed by atoms with Gasteiger partial charge in [-0.1, -0.05) is 6.07 Å². The van der Waals surface area contributed by atoms with Crippen LogP contribution >= 0.6 is 0 Å². The third kappa shape index (κ3) is 2.66. The van der Waals surface area contributed by atoms with Crippen LogP contribution in [0.25, 0.3) is 0 Å². The van der Waals surface area contributed by atoms with E-state index >= 15 is 0 Å². The highest BCUT2D eigenvalue weighted by Gasteiger charge is 2.33. The molecule has 1 fully saturated rings. The highest BCUT2D eigenvalue weighted by Crippen LogP contribution is 2.28. The lowest BCUT2D eigenvalue weighted by atomic mass is 10.1. The van der Waals surface area contributed by atoms with Crippen LogP contribution in [0.3, 0.4) is 0 Å². The zero-order chi connectivity index (χ0) is 11.6. The van der Waals surface area contributed by atoms with Crippen LogP contribution in [-0.4, -0.2) is 28.9 Å². The maximum absolute atomic E-state index is 12.9. The number of halogens is 2. The first kappa shape index (κ1) is 11.3. The molecule has 5 heteroatoms. The van der Waals surface area contributed by atoms with Gasteiger partial charge in [0.15, 0.2) is 0 Å². The van der Waals surface area contributed by atoms with Crippen LogP contribution in [0.15, 0.2) is 18.3 Å². The van der Waals surface area contributed by atoms with E-state index in [1.165, 1.54) is 0 Å². The Morgan fingerprint density at radius 2 is 2.06 bits per heavy atom. The van der Waals surface area contributed by atoms with Crippen molar-refractivity contribution >= 4 is 5.82 Å². The summed E-state index contributed by atoms with van der Waals surface area (Å²) < 4.78 is 25.9. The van der Waals surface area contributed by atoms with Gasteiger partial charge in [0, 0.05) is 44.2 Å². The highest BCUT2D eigenvalue weighted by molar-refractivity contribution is 5.38. The molecule has 0 aromatic carbocycles. The van der Waals surface area contributed by atoms with Gasteiger partial charge in [-0.25, -0.2) is 13.8 Å². The summed E-state index contributed by atoms with van der Waals surface area (Å²) in [6, 6.07) is 3.69. The van der Waals surface area contributed by atoms with Crippen LogP contribution < -0.4 is 5.73 Å². The lowest BCUT2D eigenvalue weighted by Gasteiger charge is -2.31. The fourth-order valence-corrected chi connectivity index (χ4v) is 1.86. The molecule has 1 aliphatic heterocycles. The van der Waals surface area contributed by atoms with E-state index < -0.39 is 5.92 Å². The van der Waals surface area contributed by atoms with Crippen molar-refractivity contribution in [2.75, 3.05) is 18.8 Å². The molecule has 16 heavy (non-hydrogen) atoms. The average molecular weight is 227 g/mol. The van der Waals surface area contributed by atoms with Gasteiger partial charge in [-0.2, -0.15) is 0 Å². The number of rotatable bonds is 2. The highest BCUT2D eigenvalue weighted by atomic mass is 19.3. The number of nitrogens with zero attached hydrogens (tertiary/aromatic N) is 2. The van der Waals surface area contributed by atoms with Crippen molar-refractivity contribution in [3.8, 4) is 0 Å². The van der Waals surface area contributed by atoms with Crippen molar-refractivity contribution in [3.05, 3.63) is 23.9 Å². The van der Waals surface area contributed by atoms with Crippen molar-refractivity contribution in [3.63, 3.8) is 0 Å². The normalized spacial score (nSPS) is 20.9. The third-order valence-corrected chi connectivity index (χ3v) is 2.91. The van der Waals surface area contributed by atoms with Gasteiger partial charge in [-0.05, 0) is 6.07 Å². The van der Waals surface area contributed by atoms with Crippen LogP contribution in [0.5, 0.6) is 0 Å². The topological polar surface area (TPSA) is 42.1 Å². The predicted molar refractivity (Wildman–Crippen MR) is 58.1 cm³/mol. The van der Waals surface area contributed by atoms with E-state index in [2.05, 4.69) is 4.98 Å². The van der Waals surface area contributed by atoms with Crippen LogP contribution in [-0.2, 0) is 6.54 Å². The Hall–Kier alpha value is -1.23. The number of nitrogens with two attached hydrogens (primary N) is 1. The summed E-state index contributed by atoms with van der Waals surface area (Å²) in [5.41, 5.74) is 6.62. The van der Waals surface area contributed by atoms with E-state index in [0.29, 0.717) is 25.5 Å². The number of anilines is 1. The zero-order valence-electron chi connectivity index (χ0n) is 9.00. The Morgan fingerprint density at radius 1 is 1.38 bits per heavy atom. The SMILES string of the molecule is Nc1ncccc1CN1CCC(F)(F)CC1. The fourth-order valence-electron chi connectivity index (χ4n) is 1.86. The Kier molecular flexibility index (Phi) is 3.05. The summed E-state index contributed by atoms with van der Waals surface area (Å²) in [6.07, 6.45) is 1.50. The molecule has 1 aromatic rings. The number of hydrogen-bond donors (Lipinski definition) is 1. The number of alkyl halides is 2. The predicted octanol–water partition coefficient (Wildman–Crippen LogP) is 1.89. The van der Waals surface area contributed by atoms with Gasteiger partial charge >= 0.3 is 0 Å². The summed E-state index contributed by atoms with van der Waals surface area (Å²) in [4.78, 5) is 5.97. The van der Waals surface area contributed by atoms with Gasteiger partial charge in [0.25, 0.3) is 5.92 Å². The van der Waals surface area contributed by atoms with Crippen molar-refractivity contribution in [1.82, 2.24) is 9.88 Å². The van der Waals surface area contributed by atoms with Gasteiger partial charge in [-0.15, -0.1) is 0 Å². The monoisotopic (exact) mass is 227 g/mol. The van der Waals surface area contributed by atoms with E-state index in [9.17, 15) is 8.78 Å². The lowest BCUT2D eigenvalue weighted by Crippen LogP contribution is -2.38. The first-order chi connectivity index (χ1) is 7.57. The second kappa shape index (κ2) is 4.33. The van der Waals surface area contributed by atoms with E-state index in [1.54, 1.807) is 6.20 Å². The summed E-state index contributed by atoms with van der Waals surface area (Å²) in [5, 5.41) is 0. The second-order valence-corrected chi connectivity index (χ2v) is 4.18. The Balaban J connectivity index is 1.95. The number of likely N-dealkylation sites (tertiary alicyclic amines) is 1. The van der Waals surface area contributed by atoms with Crippen LogP contribution in [0, 0.1) is 0 Å². The molecule has 3 nitrogen and oxygen atoms in total. The van der Waals surface area contributed by atoms with Gasteiger partial charge < -0.3 is 5.73 Å². The summed E-state index contributed by atoms with van der Waals surface area (Å²) in [5.74, 6) is -2.00. The van der Waals surface area contributed by atoms with E-state index in [1.807, 2.05) is 17.0 Å². The number of hydrogen-bond acceptors (Lipinski definition) is 3. The molecule has 0 spiro atoms. The largest absolute Gasteiger partial charge is 0.383 e. The minimum atomic E-state index is -2.49. The minimum absolute atomic E-state index is 0.0623. The zero-order valence-corrected chi connectivity index (χ0v) is 9.00. The smallest absolute Gasteiger partial charge is 0.250 e. The molecular weight excluding hydrogens is 212 g/mol. The molecule has 0 atom stereocenters.